The molecule has 7 heteroatoms. The fourth-order valence-corrected chi connectivity index (χ4v) is 3.15. The summed E-state index contributed by atoms with van der Waals surface area (Å²) in [6.45, 7) is 3.90. The van der Waals surface area contributed by atoms with Crippen molar-refractivity contribution in [1.29, 1.82) is 0 Å². The minimum atomic E-state index is -3.46. The normalized spacial score (nSPS) is 11.6. The first-order chi connectivity index (χ1) is 9.15. The Morgan fingerprint density at radius 3 is 2.45 bits per heavy atom. The number of sulfonamides is 1. The monoisotopic (exact) mass is 300 g/mol. The molecule has 0 heterocycles. The first-order valence-electron chi connectivity index (χ1n) is 6.24. The van der Waals surface area contributed by atoms with Crippen LogP contribution in [0.3, 0.4) is 0 Å². The van der Waals surface area contributed by atoms with Crippen molar-refractivity contribution >= 4 is 27.4 Å². The highest BCUT2D eigenvalue weighted by Gasteiger charge is 2.21. The molecule has 20 heavy (non-hydrogen) atoms. The van der Waals surface area contributed by atoms with Gasteiger partial charge in [-0.05, 0) is 30.5 Å². The van der Waals surface area contributed by atoms with E-state index in [0.717, 1.165) is 4.31 Å². The molecule has 0 aliphatic rings. The molecule has 112 valence electrons. The number of rotatable bonds is 6. The highest BCUT2D eigenvalue weighted by atomic mass is 32.2. The average Bonchev–Trinajstić information content (AvgIpc) is 2.35. The fourth-order valence-electron chi connectivity index (χ4n) is 1.65. The van der Waals surface area contributed by atoms with Gasteiger partial charge in [0.15, 0.2) is 0 Å². The molecule has 0 aliphatic carbocycles. The van der Waals surface area contributed by atoms with Crippen LogP contribution in [0.5, 0.6) is 0 Å². The van der Waals surface area contributed by atoms with Gasteiger partial charge in [-0.2, -0.15) is 0 Å². The molecule has 1 aromatic carbocycles. The number of nitrogens with two attached hydrogens (primary N) is 1. The molecule has 0 unspecified atom stereocenters. The van der Waals surface area contributed by atoms with E-state index in [-0.39, 0.29) is 22.9 Å². The van der Waals surface area contributed by atoms with Crippen molar-refractivity contribution in [1.82, 2.24) is 0 Å². The van der Waals surface area contributed by atoms with E-state index in [2.05, 4.69) is 0 Å². The summed E-state index contributed by atoms with van der Waals surface area (Å²) in [5.41, 5.74) is 6.19. The van der Waals surface area contributed by atoms with E-state index in [9.17, 15) is 13.2 Å². The third-order valence-electron chi connectivity index (χ3n) is 2.98. The molecule has 0 atom stereocenters. The topological polar surface area (TPSA) is 101 Å². The number of aromatic carboxylic acids is 1. The Labute approximate surface area is 119 Å². The van der Waals surface area contributed by atoms with Crippen LogP contribution >= 0.6 is 0 Å². The van der Waals surface area contributed by atoms with Gasteiger partial charge in [-0.15, -0.1) is 0 Å². The maximum atomic E-state index is 12.2. The van der Waals surface area contributed by atoms with Crippen molar-refractivity contribution in [2.45, 2.75) is 20.3 Å². The molecular formula is C13H20N2O4S. The summed E-state index contributed by atoms with van der Waals surface area (Å²) in [7, 11) is -2.04. The number of carbonyl (C=O) groups is 1. The predicted molar refractivity (Wildman–Crippen MR) is 79.5 cm³/mol. The van der Waals surface area contributed by atoms with Gasteiger partial charge in [0.05, 0.1) is 22.7 Å². The lowest BCUT2D eigenvalue weighted by atomic mass is 10.2. The standard InChI is InChI=1S/C13H20N2O4S/c1-9(2)6-7-20(18,19)15(3)12-5-4-10(13(16)17)8-11(12)14/h4-5,8-9H,6-7,14H2,1-3H3,(H,16,17). The van der Waals surface area contributed by atoms with Crippen LogP contribution in [-0.4, -0.2) is 32.3 Å². The molecular weight excluding hydrogens is 280 g/mol. The molecule has 0 radical (unpaired) electrons. The SMILES string of the molecule is CC(C)CCS(=O)(=O)N(C)c1ccc(C(=O)O)cc1N. The number of nitrogens with zero attached hydrogens (tertiary/aromatic N) is 1. The molecule has 0 bridgehead atoms. The third kappa shape index (κ3) is 3.86. The van der Waals surface area contributed by atoms with Crippen LogP contribution in [-0.2, 0) is 10.0 Å². The second kappa shape index (κ2) is 6.13. The smallest absolute Gasteiger partial charge is 0.335 e. The third-order valence-corrected chi connectivity index (χ3v) is 4.77. The molecule has 0 amide bonds. The number of hydrogen-bond donors (Lipinski definition) is 2. The summed E-state index contributed by atoms with van der Waals surface area (Å²) in [5, 5.41) is 8.86. The maximum absolute atomic E-state index is 12.2. The summed E-state index contributed by atoms with van der Waals surface area (Å²) in [6, 6.07) is 4.00. The van der Waals surface area contributed by atoms with Gasteiger partial charge in [0.25, 0.3) is 0 Å². The van der Waals surface area contributed by atoms with E-state index in [1.807, 2.05) is 13.8 Å². The van der Waals surface area contributed by atoms with Gasteiger partial charge in [-0.25, -0.2) is 13.2 Å². The van der Waals surface area contributed by atoms with Crippen molar-refractivity contribution < 1.29 is 18.3 Å². The van der Waals surface area contributed by atoms with Crippen LogP contribution in [0.2, 0.25) is 0 Å². The summed E-state index contributed by atoms with van der Waals surface area (Å²) in [6.07, 6.45) is 0.555. The Balaban J connectivity index is 3.03. The van der Waals surface area contributed by atoms with Gasteiger partial charge in [0.1, 0.15) is 0 Å². The Kier molecular flexibility index (Phi) is 4.99. The fraction of sp³-hybridized carbons (Fsp3) is 0.462. The van der Waals surface area contributed by atoms with Crippen molar-refractivity contribution in [3.8, 4) is 0 Å². The van der Waals surface area contributed by atoms with Crippen molar-refractivity contribution in [3.63, 3.8) is 0 Å². The Morgan fingerprint density at radius 2 is 2.00 bits per heavy atom. The second-order valence-corrected chi connectivity index (χ2v) is 7.16. The number of anilines is 2. The van der Waals surface area contributed by atoms with Crippen LogP contribution in [0, 0.1) is 5.92 Å². The number of carboxylic acids is 1. The van der Waals surface area contributed by atoms with Crippen molar-refractivity contribution in [2.75, 3.05) is 22.8 Å². The van der Waals surface area contributed by atoms with Crippen molar-refractivity contribution in [2.24, 2.45) is 5.92 Å². The van der Waals surface area contributed by atoms with Gasteiger partial charge in [-0.1, -0.05) is 13.8 Å². The van der Waals surface area contributed by atoms with Gasteiger partial charge < -0.3 is 10.8 Å². The zero-order chi connectivity index (χ0) is 15.5. The molecule has 0 spiro atoms. The molecule has 6 nitrogen and oxygen atoms in total. The van der Waals surface area contributed by atoms with Gasteiger partial charge in [-0.3, -0.25) is 4.31 Å². The number of carboxylic acid groups (broad SMARTS) is 1. The van der Waals surface area contributed by atoms with E-state index in [4.69, 9.17) is 10.8 Å². The summed E-state index contributed by atoms with van der Waals surface area (Å²) in [5.74, 6) is -0.792. The van der Waals surface area contributed by atoms with E-state index >= 15 is 0 Å². The number of nitrogen functional groups attached to an aromatic ring is 1. The average molecular weight is 300 g/mol. The first-order valence-corrected chi connectivity index (χ1v) is 7.85. The molecule has 0 saturated heterocycles. The summed E-state index contributed by atoms with van der Waals surface area (Å²) < 4.78 is 25.4. The molecule has 0 saturated carbocycles. The largest absolute Gasteiger partial charge is 0.478 e. The van der Waals surface area contributed by atoms with E-state index < -0.39 is 16.0 Å². The lowest BCUT2D eigenvalue weighted by molar-refractivity contribution is 0.0697. The van der Waals surface area contributed by atoms with Crippen LogP contribution < -0.4 is 10.0 Å². The Morgan fingerprint density at radius 1 is 1.40 bits per heavy atom. The molecule has 1 rings (SSSR count). The van der Waals surface area contributed by atoms with Crippen LogP contribution in [0.15, 0.2) is 18.2 Å². The summed E-state index contributed by atoms with van der Waals surface area (Å²) in [4.78, 5) is 10.8. The van der Waals surface area contributed by atoms with Gasteiger partial charge >= 0.3 is 5.97 Å². The quantitative estimate of drug-likeness (QED) is 0.780. The molecule has 0 aromatic heterocycles. The van der Waals surface area contributed by atoms with E-state index in [1.54, 1.807) is 0 Å². The predicted octanol–water partition coefficient (Wildman–Crippen LogP) is 1.78. The second-order valence-electron chi connectivity index (χ2n) is 5.04. The molecule has 3 N–H and O–H groups in total. The zero-order valence-corrected chi connectivity index (χ0v) is 12.6. The van der Waals surface area contributed by atoms with Crippen LogP contribution in [0.4, 0.5) is 11.4 Å². The van der Waals surface area contributed by atoms with Gasteiger partial charge in [0.2, 0.25) is 10.0 Å². The highest BCUT2D eigenvalue weighted by Crippen LogP contribution is 2.26. The zero-order valence-electron chi connectivity index (χ0n) is 11.8. The van der Waals surface area contributed by atoms with Crippen LogP contribution in [0.25, 0.3) is 0 Å². The van der Waals surface area contributed by atoms with Crippen molar-refractivity contribution in [3.05, 3.63) is 23.8 Å². The van der Waals surface area contributed by atoms with Crippen LogP contribution in [0.1, 0.15) is 30.6 Å². The minimum Gasteiger partial charge on any atom is -0.478 e. The number of benzene rings is 1. The highest BCUT2D eigenvalue weighted by molar-refractivity contribution is 7.92. The lowest BCUT2D eigenvalue weighted by Gasteiger charge is -2.21. The lowest BCUT2D eigenvalue weighted by Crippen LogP contribution is -2.30. The molecule has 1 aromatic rings. The summed E-state index contributed by atoms with van der Waals surface area (Å²) >= 11 is 0. The Hall–Kier alpha value is -1.76. The minimum absolute atomic E-state index is 0.0271. The van der Waals surface area contributed by atoms with Gasteiger partial charge in [0, 0.05) is 7.05 Å². The maximum Gasteiger partial charge on any atom is 0.335 e. The Bertz CT molecular complexity index is 596. The van der Waals surface area contributed by atoms with E-state index in [1.165, 1.54) is 25.2 Å². The first kappa shape index (κ1) is 16.3. The van der Waals surface area contributed by atoms with E-state index in [0.29, 0.717) is 12.1 Å². The molecule has 0 aliphatic heterocycles. The molecule has 0 fully saturated rings. The number of hydrogen-bond acceptors (Lipinski definition) is 4.